The molecule has 36 heavy (non-hydrogen) atoms. The standard InChI is InChI=1S/C26H25F3N2O4S/c1-15-10-18(11-17-8-9-31(23(15)17)25(34)21(30-2)13-22(32)33)35-14-19-12-20(16-6-4-3-5-7-16)24(36-19)26(27,28)29/h3-7,10-12,21,30H,8-9,13-14H2,1-2H3,(H,32,33)/t21-/m1/s1. The maximum atomic E-state index is 13.7. The number of halogens is 3. The van der Waals surface area contributed by atoms with Gasteiger partial charge in [-0.2, -0.15) is 13.2 Å². The second kappa shape index (κ2) is 10.3. The van der Waals surface area contributed by atoms with Crippen LogP contribution in [0.1, 0.15) is 27.3 Å². The first-order chi connectivity index (χ1) is 17.1. The molecule has 1 aliphatic rings. The number of carbonyl (C=O) groups is 2. The Morgan fingerprint density at radius 2 is 1.92 bits per heavy atom. The van der Waals surface area contributed by atoms with E-state index in [4.69, 9.17) is 9.84 Å². The molecule has 2 aromatic carbocycles. The first-order valence-electron chi connectivity index (χ1n) is 11.3. The van der Waals surface area contributed by atoms with Gasteiger partial charge in [-0.15, -0.1) is 11.3 Å². The van der Waals surface area contributed by atoms with Crippen molar-refractivity contribution in [2.24, 2.45) is 0 Å². The van der Waals surface area contributed by atoms with Crippen LogP contribution in [0.5, 0.6) is 5.75 Å². The summed E-state index contributed by atoms with van der Waals surface area (Å²) in [7, 11) is 1.55. The van der Waals surface area contributed by atoms with Crippen LogP contribution in [0.3, 0.4) is 0 Å². The van der Waals surface area contributed by atoms with Gasteiger partial charge in [-0.05, 0) is 55.3 Å². The number of hydrogen-bond donors (Lipinski definition) is 2. The molecule has 2 N–H and O–H groups in total. The lowest BCUT2D eigenvalue weighted by atomic mass is 10.1. The Morgan fingerprint density at radius 1 is 1.19 bits per heavy atom. The number of aryl methyl sites for hydroxylation is 1. The number of aliphatic carboxylic acids is 1. The van der Waals surface area contributed by atoms with Gasteiger partial charge in [-0.25, -0.2) is 0 Å². The summed E-state index contributed by atoms with van der Waals surface area (Å²) in [6, 6.07) is 12.7. The maximum Gasteiger partial charge on any atom is 0.426 e. The number of benzene rings is 2. The SMILES string of the molecule is CN[C@H](CC(=O)O)C(=O)N1CCc2cc(OCc3cc(-c4ccccc4)c(C(F)(F)F)s3)cc(C)c21. The summed E-state index contributed by atoms with van der Waals surface area (Å²) in [6.07, 6.45) is -4.23. The number of hydrogen-bond acceptors (Lipinski definition) is 5. The van der Waals surface area contributed by atoms with Gasteiger partial charge in [0.15, 0.2) is 0 Å². The minimum Gasteiger partial charge on any atom is -0.488 e. The van der Waals surface area contributed by atoms with E-state index >= 15 is 0 Å². The molecular weight excluding hydrogens is 493 g/mol. The van der Waals surface area contributed by atoms with Crippen molar-refractivity contribution < 1.29 is 32.6 Å². The van der Waals surface area contributed by atoms with E-state index in [-0.39, 0.29) is 24.5 Å². The smallest absolute Gasteiger partial charge is 0.426 e. The Kier molecular flexibility index (Phi) is 7.37. The minimum atomic E-state index is -4.47. The number of likely N-dealkylation sites (N-methyl/N-ethyl adjacent to an activating group) is 1. The normalized spacial score (nSPS) is 14.0. The number of anilines is 1. The number of carbonyl (C=O) groups excluding carboxylic acids is 1. The average molecular weight is 519 g/mol. The van der Waals surface area contributed by atoms with Crippen molar-refractivity contribution in [1.29, 1.82) is 0 Å². The van der Waals surface area contributed by atoms with Crippen molar-refractivity contribution >= 4 is 28.9 Å². The number of nitrogens with zero attached hydrogens (tertiary/aromatic N) is 1. The molecule has 3 aromatic rings. The summed E-state index contributed by atoms with van der Waals surface area (Å²) in [5, 5.41) is 11.8. The first kappa shape index (κ1) is 25.7. The number of amides is 1. The van der Waals surface area contributed by atoms with Crippen molar-refractivity contribution in [1.82, 2.24) is 5.32 Å². The van der Waals surface area contributed by atoms with Crippen LogP contribution < -0.4 is 15.0 Å². The number of nitrogens with one attached hydrogen (secondary N) is 1. The number of alkyl halides is 3. The minimum absolute atomic E-state index is 0.0259. The fraction of sp³-hybridized carbons (Fsp3) is 0.308. The number of rotatable bonds is 8. The summed E-state index contributed by atoms with van der Waals surface area (Å²) >= 11 is 0.667. The van der Waals surface area contributed by atoms with Crippen LogP contribution in [0.2, 0.25) is 0 Å². The van der Waals surface area contributed by atoms with Gasteiger partial charge < -0.3 is 20.1 Å². The summed E-state index contributed by atoms with van der Waals surface area (Å²) < 4.78 is 46.9. The van der Waals surface area contributed by atoms with Gasteiger partial charge >= 0.3 is 12.1 Å². The van der Waals surface area contributed by atoms with Crippen molar-refractivity contribution in [3.63, 3.8) is 0 Å². The molecule has 1 atom stereocenters. The van der Waals surface area contributed by atoms with Gasteiger partial charge in [0.05, 0.1) is 18.2 Å². The monoisotopic (exact) mass is 518 g/mol. The molecule has 0 aliphatic carbocycles. The topological polar surface area (TPSA) is 78.9 Å². The van der Waals surface area contributed by atoms with Crippen LogP contribution in [0.25, 0.3) is 11.1 Å². The lowest BCUT2D eigenvalue weighted by Crippen LogP contribution is -2.46. The molecule has 0 saturated carbocycles. The van der Waals surface area contributed by atoms with E-state index in [9.17, 15) is 22.8 Å². The zero-order valence-electron chi connectivity index (χ0n) is 19.7. The third-order valence-electron chi connectivity index (χ3n) is 6.03. The molecule has 4 rings (SSSR count). The zero-order valence-corrected chi connectivity index (χ0v) is 20.5. The second-order valence-corrected chi connectivity index (χ2v) is 9.67. The van der Waals surface area contributed by atoms with Crippen molar-refractivity contribution in [3.8, 4) is 16.9 Å². The van der Waals surface area contributed by atoms with Gasteiger partial charge in [0.1, 0.15) is 17.2 Å². The van der Waals surface area contributed by atoms with E-state index < -0.39 is 23.1 Å². The number of carboxylic acid groups (broad SMARTS) is 1. The summed E-state index contributed by atoms with van der Waals surface area (Å²) in [4.78, 5) is 25.4. The van der Waals surface area contributed by atoms with E-state index in [2.05, 4.69) is 5.32 Å². The Hall–Kier alpha value is -3.37. The van der Waals surface area contributed by atoms with Gasteiger partial charge in [0.25, 0.3) is 0 Å². The van der Waals surface area contributed by atoms with E-state index in [0.717, 1.165) is 16.8 Å². The van der Waals surface area contributed by atoms with Gasteiger partial charge in [0.2, 0.25) is 5.91 Å². The van der Waals surface area contributed by atoms with E-state index in [1.807, 2.05) is 6.92 Å². The number of ether oxygens (including phenoxy) is 1. The molecule has 0 bridgehead atoms. The van der Waals surface area contributed by atoms with Crippen molar-refractivity contribution in [3.05, 3.63) is 69.4 Å². The highest BCUT2D eigenvalue weighted by atomic mass is 32.1. The molecule has 0 saturated heterocycles. The van der Waals surface area contributed by atoms with Crippen molar-refractivity contribution in [2.75, 3.05) is 18.5 Å². The lowest BCUT2D eigenvalue weighted by molar-refractivity contribution is -0.139. The Morgan fingerprint density at radius 3 is 2.56 bits per heavy atom. The molecular formula is C26H25F3N2O4S. The van der Waals surface area contributed by atoms with Crippen LogP contribution in [-0.4, -0.2) is 36.6 Å². The van der Waals surface area contributed by atoms with E-state index in [1.165, 1.54) is 6.07 Å². The summed E-state index contributed by atoms with van der Waals surface area (Å²) in [6.45, 7) is 2.21. The molecule has 0 radical (unpaired) electrons. The third kappa shape index (κ3) is 5.39. The Labute approximate surface area is 210 Å². The lowest BCUT2D eigenvalue weighted by Gasteiger charge is -2.24. The summed E-state index contributed by atoms with van der Waals surface area (Å²) in [5.74, 6) is -0.887. The van der Waals surface area contributed by atoms with Crippen LogP contribution in [0.4, 0.5) is 18.9 Å². The van der Waals surface area contributed by atoms with Crippen LogP contribution in [0.15, 0.2) is 48.5 Å². The first-order valence-corrected chi connectivity index (χ1v) is 12.1. The molecule has 0 fully saturated rings. The Balaban J connectivity index is 1.54. The van der Waals surface area contributed by atoms with Crippen LogP contribution in [0, 0.1) is 6.92 Å². The quantitative estimate of drug-likeness (QED) is 0.425. The Bertz CT molecular complexity index is 1270. The molecule has 190 valence electrons. The molecule has 2 heterocycles. The molecule has 1 aromatic heterocycles. The highest BCUT2D eigenvalue weighted by Crippen LogP contribution is 2.43. The summed E-state index contributed by atoms with van der Waals surface area (Å²) in [5.41, 5.74) is 2.99. The number of thiophene rings is 1. The molecule has 0 spiro atoms. The highest BCUT2D eigenvalue weighted by Gasteiger charge is 2.36. The van der Waals surface area contributed by atoms with Gasteiger partial charge in [-0.3, -0.25) is 9.59 Å². The number of fused-ring (bicyclic) bond motifs is 1. The van der Waals surface area contributed by atoms with Gasteiger partial charge in [-0.1, -0.05) is 30.3 Å². The van der Waals surface area contributed by atoms with Crippen LogP contribution >= 0.6 is 11.3 Å². The van der Waals surface area contributed by atoms with E-state index in [1.54, 1.807) is 54.4 Å². The van der Waals surface area contributed by atoms with Gasteiger partial charge in [0, 0.05) is 17.0 Å². The molecule has 6 nitrogen and oxygen atoms in total. The largest absolute Gasteiger partial charge is 0.488 e. The maximum absolute atomic E-state index is 13.7. The predicted molar refractivity (Wildman–Crippen MR) is 131 cm³/mol. The molecule has 0 unspecified atom stereocenters. The predicted octanol–water partition coefficient (Wildman–Crippen LogP) is 5.27. The van der Waals surface area contributed by atoms with Crippen molar-refractivity contribution in [2.45, 2.75) is 38.6 Å². The van der Waals surface area contributed by atoms with Crippen LogP contribution in [-0.2, 0) is 28.8 Å². The fourth-order valence-electron chi connectivity index (χ4n) is 4.43. The molecule has 10 heteroatoms. The zero-order chi connectivity index (χ0) is 26.0. The highest BCUT2D eigenvalue weighted by molar-refractivity contribution is 7.12. The molecule has 1 aliphatic heterocycles. The average Bonchev–Trinajstić information content (AvgIpc) is 3.46. The fourth-order valence-corrected chi connectivity index (χ4v) is 5.39. The van der Waals surface area contributed by atoms with E-state index in [0.29, 0.717) is 40.5 Å². The third-order valence-corrected chi connectivity index (χ3v) is 7.18. The number of carboxylic acids is 1. The second-order valence-electron chi connectivity index (χ2n) is 8.53. The molecule has 1 amide bonds.